The van der Waals surface area contributed by atoms with Crippen molar-refractivity contribution in [3.05, 3.63) is 81.2 Å². The molecule has 4 heterocycles. The Balaban J connectivity index is 0.000000317. The fourth-order valence-corrected chi connectivity index (χ4v) is 4.92. The molecule has 3 aromatic rings. The van der Waals surface area contributed by atoms with E-state index in [4.69, 9.17) is 16.6 Å². The minimum absolute atomic E-state index is 0.113. The highest BCUT2D eigenvalue weighted by Crippen LogP contribution is 2.24. The number of anilines is 2. The van der Waals surface area contributed by atoms with Crippen LogP contribution in [-0.2, 0) is 16.0 Å². The van der Waals surface area contributed by atoms with Crippen LogP contribution in [0, 0.1) is 23.6 Å². The average molecular weight is 622 g/mol. The molecule has 0 fully saturated rings. The van der Waals surface area contributed by atoms with Crippen molar-refractivity contribution in [1.29, 1.82) is 10.8 Å². The highest BCUT2D eigenvalue weighted by Gasteiger charge is 2.30. The highest BCUT2D eigenvalue weighted by atomic mass is 32.2. The summed E-state index contributed by atoms with van der Waals surface area (Å²) >= 11 is 0.631. The number of aldehydes is 1. The third-order valence-corrected chi connectivity index (χ3v) is 7.47. The second kappa shape index (κ2) is 16.2. The predicted molar refractivity (Wildman–Crippen MR) is 172 cm³/mol. The molecule has 44 heavy (non-hydrogen) atoms. The van der Waals surface area contributed by atoms with Gasteiger partial charge >= 0.3 is 0 Å². The zero-order valence-corrected chi connectivity index (χ0v) is 25.6. The Morgan fingerprint density at radius 1 is 1.25 bits per heavy atom. The molecule has 0 spiro atoms. The zero-order valence-electron chi connectivity index (χ0n) is 24.8. The average Bonchev–Trinajstić information content (AvgIpc) is 3.45. The van der Waals surface area contributed by atoms with Gasteiger partial charge in [-0.3, -0.25) is 34.8 Å². The number of nitrogens with zero attached hydrogens (tertiary/aromatic N) is 4. The van der Waals surface area contributed by atoms with Gasteiger partial charge in [0.15, 0.2) is 6.29 Å². The Morgan fingerprint density at radius 3 is 2.68 bits per heavy atom. The Bertz CT molecular complexity index is 1620. The summed E-state index contributed by atoms with van der Waals surface area (Å²) in [5.74, 6) is 0.496. The minimum atomic E-state index is -0.527. The van der Waals surface area contributed by atoms with Crippen LogP contribution in [-0.4, -0.2) is 55.4 Å². The van der Waals surface area contributed by atoms with Gasteiger partial charge in [0.05, 0.1) is 11.9 Å². The first-order valence-electron chi connectivity index (χ1n) is 14.0. The standard InChI is InChI=1S/C22H30N6O2.C8H6FN3OS/c1-4-5-6-15(10-16-12-25-19(23)9-14(16)2)11-27-21(29)18-7-8-20-26-13-17(24-3)22(30)28(18)20;9-5-1-2-12-6(3-5)8(11)14-7(10)4-13/h9-10,12-13,18,24H,4-8,11H2,1-3H3,(H2,23,25)(H,27,29);1-4,10-11H/b15-10+;. The minimum Gasteiger partial charge on any atom is -0.384 e. The topological polar surface area (TPSA) is 193 Å². The smallest absolute Gasteiger partial charge is 0.277 e. The number of rotatable bonds is 10. The summed E-state index contributed by atoms with van der Waals surface area (Å²) in [5, 5.41) is 19.8. The monoisotopic (exact) mass is 621 g/mol. The molecular weight excluding hydrogens is 585 g/mol. The molecule has 1 aliphatic heterocycles. The lowest BCUT2D eigenvalue weighted by Gasteiger charge is -2.16. The van der Waals surface area contributed by atoms with Crippen LogP contribution in [0.3, 0.4) is 0 Å². The van der Waals surface area contributed by atoms with Crippen molar-refractivity contribution in [2.75, 3.05) is 24.6 Å². The lowest BCUT2D eigenvalue weighted by Crippen LogP contribution is -2.37. The summed E-state index contributed by atoms with van der Waals surface area (Å²) in [4.78, 5) is 47.9. The number of nitrogen functional groups attached to an aromatic ring is 1. The van der Waals surface area contributed by atoms with E-state index in [2.05, 4.69) is 38.6 Å². The summed E-state index contributed by atoms with van der Waals surface area (Å²) in [5.41, 5.74) is 9.22. The molecule has 1 unspecified atom stereocenters. The largest absolute Gasteiger partial charge is 0.384 e. The molecule has 0 saturated heterocycles. The number of carbonyl (C=O) groups excluding carboxylic acids is 2. The summed E-state index contributed by atoms with van der Waals surface area (Å²) in [6, 6.07) is 3.55. The number of halogens is 1. The number of hydrogen-bond donors (Lipinski definition) is 5. The number of fused-ring (bicyclic) bond motifs is 1. The Hall–Kier alpha value is -4.72. The number of aryl methyl sites for hydroxylation is 2. The van der Waals surface area contributed by atoms with E-state index < -0.39 is 11.9 Å². The van der Waals surface area contributed by atoms with Crippen LogP contribution in [0.5, 0.6) is 0 Å². The second-order valence-electron chi connectivity index (χ2n) is 9.93. The van der Waals surface area contributed by atoms with E-state index in [0.717, 1.165) is 48.1 Å². The van der Waals surface area contributed by atoms with E-state index in [1.165, 1.54) is 17.0 Å². The molecule has 0 aromatic carbocycles. The molecule has 0 saturated carbocycles. The fraction of sp³-hybridized carbons (Fsp3) is 0.333. The molecule has 0 aliphatic carbocycles. The molecular formula is C30H36FN9O3S. The highest BCUT2D eigenvalue weighted by molar-refractivity contribution is 8.28. The van der Waals surface area contributed by atoms with E-state index in [1.807, 2.05) is 13.0 Å². The molecule has 1 amide bonds. The van der Waals surface area contributed by atoms with Crippen molar-refractivity contribution in [2.24, 2.45) is 0 Å². The van der Waals surface area contributed by atoms with Crippen molar-refractivity contribution in [1.82, 2.24) is 24.8 Å². The van der Waals surface area contributed by atoms with Crippen molar-refractivity contribution < 1.29 is 14.0 Å². The predicted octanol–water partition coefficient (Wildman–Crippen LogP) is 3.90. The van der Waals surface area contributed by atoms with Gasteiger partial charge in [0, 0.05) is 38.5 Å². The van der Waals surface area contributed by atoms with Crippen LogP contribution in [0.25, 0.3) is 6.08 Å². The number of hydrogen-bond acceptors (Lipinski definition) is 11. The lowest BCUT2D eigenvalue weighted by molar-refractivity contribution is -0.124. The second-order valence-corrected chi connectivity index (χ2v) is 11.0. The van der Waals surface area contributed by atoms with Gasteiger partial charge in [-0.25, -0.2) is 14.4 Å². The fourth-order valence-electron chi connectivity index (χ4n) is 4.43. The SMILES string of the molecule is CCCC/C(=C\c1cnc(N)cc1C)CNC(=O)C1CCc2ncc(NC)c(=O)n21.N=C(C=O)SC(=N)c1cc(F)ccn1. The number of pyridine rings is 2. The summed E-state index contributed by atoms with van der Waals surface area (Å²) in [6.45, 7) is 4.57. The molecule has 0 radical (unpaired) electrons. The van der Waals surface area contributed by atoms with Crippen molar-refractivity contribution >= 4 is 51.6 Å². The first-order chi connectivity index (χ1) is 21.1. The molecule has 1 aliphatic rings. The zero-order chi connectivity index (χ0) is 32.2. The molecule has 12 nitrogen and oxygen atoms in total. The molecule has 1 atom stereocenters. The van der Waals surface area contributed by atoms with Crippen LogP contribution in [0.15, 0.2) is 47.2 Å². The van der Waals surface area contributed by atoms with E-state index in [1.54, 1.807) is 13.2 Å². The Morgan fingerprint density at radius 2 is 2.02 bits per heavy atom. The van der Waals surface area contributed by atoms with Crippen LogP contribution in [0.2, 0.25) is 0 Å². The third-order valence-electron chi connectivity index (χ3n) is 6.74. The normalized spacial score (nSPS) is 13.7. The number of unbranched alkanes of at least 4 members (excludes halogenated alkanes) is 1. The van der Waals surface area contributed by atoms with Crippen molar-refractivity contribution in [3.63, 3.8) is 0 Å². The van der Waals surface area contributed by atoms with Gasteiger partial charge in [0.2, 0.25) is 5.91 Å². The summed E-state index contributed by atoms with van der Waals surface area (Å²) in [6.07, 6.45) is 11.1. The quantitative estimate of drug-likeness (QED) is 0.127. The molecule has 232 valence electrons. The number of carbonyl (C=O) groups is 2. The third kappa shape index (κ3) is 9.14. The van der Waals surface area contributed by atoms with E-state index >= 15 is 0 Å². The molecule has 6 N–H and O–H groups in total. The van der Waals surface area contributed by atoms with Gasteiger partial charge < -0.3 is 16.4 Å². The molecule has 0 bridgehead atoms. The summed E-state index contributed by atoms with van der Waals surface area (Å²) < 4.78 is 14.2. The van der Waals surface area contributed by atoms with Gasteiger partial charge in [-0.05, 0) is 61.2 Å². The van der Waals surface area contributed by atoms with Gasteiger partial charge in [0.25, 0.3) is 5.56 Å². The van der Waals surface area contributed by atoms with Crippen LogP contribution in [0.1, 0.15) is 61.3 Å². The van der Waals surface area contributed by atoms with Crippen molar-refractivity contribution in [3.8, 4) is 0 Å². The number of nitrogens with two attached hydrogens (primary N) is 1. The van der Waals surface area contributed by atoms with Gasteiger partial charge in [-0.1, -0.05) is 25.0 Å². The van der Waals surface area contributed by atoms with Crippen molar-refractivity contribution in [2.45, 2.75) is 52.0 Å². The van der Waals surface area contributed by atoms with Gasteiger partial charge in [-0.2, -0.15) is 0 Å². The molecule has 4 rings (SSSR count). The summed E-state index contributed by atoms with van der Waals surface area (Å²) in [7, 11) is 1.67. The lowest BCUT2D eigenvalue weighted by atomic mass is 10.0. The van der Waals surface area contributed by atoms with E-state index in [-0.39, 0.29) is 27.2 Å². The van der Waals surface area contributed by atoms with Crippen LogP contribution < -0.4 is 21.9 Å². The van der Waals surface area contributed by atoms with Gasteiger partial charge in [-0.15, -0.1) is 0 Å². The van der Waals surface area contributed by atoms with E-state index in [9.17, 15) is 18.8 Å². The number of thioether (sulfide) groups is 1. The van der Waals surface area contributed by atoms with Gasteiger partial charge in [0.1, 0.15) is 39.3 Å². The first kappa shape index (κ1) is 33.8. The van der Waals surface area contributed by atoms with Crippen LogP contribution in [0.4, 0.5) is 15.9 Å². The maximum absolute atomic E-state index is 12.9. The Kier molecular flexibility index (Phi) is 12.4. The van der Waals surface area contributed by atoms with E-state index in [0.29, 0.717) is 54.8 Å². The Labute approximate surface area is 258 Å². The maximum Gasteiger partial charge on any atom is 0.277 e. The first-order valence-corrected chi connectivity index (χ1v) is 14.8. The van der Waals surface area contributed by atoms with Crippen LogP contribution >= 0.6 is 11.8 Å². The molecule has 14 heteroatoms. The molecule has 3 aromatic heterocycles. The number of aromatic nitrogens is 4. The number of nitrogens with one attached hydrogen (secondary N) is 4. The maximum atomic E-state index is 12.9. The number of amides is 1.